The highest BCUT2D eigenvalue weighted by atomic mass is 16.5. The van der Waals surface area contributed by atoms with Gasteiger partial charge in [0.05, 0.1) is 32.1 Å². The van der Waals surface area contributed by atoms with Crippen LogP contribution in [-0.2, 0) is 0 Å². The van der Waals surface area contributed by atoms with Crippen LogP contribution in [0.25, 0.3) is 0 Å². The van der Waals surface area contributed by atoms with Crippen LogP contribution in [0.1, 0.15) is 29.6 Å². The lowest BCUT2D eigenvalue weighted by Gasteiger charge is -2.37. The van der Waals surface area contributed by atoms with Crippen molar-refractivity contribution in [1.82, 2.24) is 4.90 Å². The molecular weight excluding hydrogens is 272 g/mol. The van der Waals surface area contributed by atoms with Gasteiger partial charge < -0.3 is 25.2 Å². The maximum Gasteiger partial charge on any atom is 0.256 e. The maximum absolute atomic E-state index is 12.7. The Hall–Kier alpha value is -1.95. The van der Waals surface area contributed by atoms with E-state index in [9.17, 15) is 9.90 Å². The van der Waals surface area contributed by atoms with E-state index >= 15 is 0 Å². The lowest BCUT2D eigenvalue weighted by atomic mass is 9.91. The highest BCUT2D eigenvalue weighted by Gasteiger charge is 2.30. The summed E-state index contributed by atoms with van der Waals surface area (Å²) in [5, 5.41) is 9.20. The molecule has 0 heterocycles. The van der Waals surface area contributed by atoms with Crippen LogP contribution in [0.2, 0.25) is 0 Å². The van der Waals surface area contributed by atoms with Crippen LogP contribution in [0.4, 0.5) is 5.69 Å². The highest BCUT2D eigenvalue weighted by molar-refractivity contribution is 6.01. The molecule has 6 heteroatoms. The van der Waals surface area contributed by atoms with E-state index in [-0.39, 0.29) is 18.6 Å². The van der Waals surface area contributed by atoms with Gasteiger partial charge in [0.2, 0.25) is 0 Å². The topological polar surface area (TPSA) is 85.0 Å². The first kappa shape index (κ1) is 15.4. The SMILES string of the molecule is COc1cc(OC)c(N)c(C(=O)N(CCO)C2CCC2)c1. The van der Waals surface area contributed by atoms with Crippen LogP contribution >= 0.6 is 0 Å². The average Bonchev–Trinajstić information content (AvgIpc) is 2.44. The zero-order valence-corrected chi connectivity index (χ0v) is 12.5. The summed E-state index contributed by atoms with van der Waals surface area (Å²) < 4.78 is 10.4. The number of aliphatic hydroxyl groups is 1. The van der Waals surface area contributed by atoms with E-state index in [1.54, 1.807) is 17.0 Å². The smallest absolute Gasteiger partial charge is 0.256 e. The number of nitrogen functional groups attached to an aromatic ring is 1. The molecule has 0 radical (unpaired) electrons. The first-order valence-electron chi connectivity index (χ1n) is 7.05. The molecule has 6 nitrogen and oxygen atoms in total. The molecular formula is C15H22N2O4. The molecule has 0 bridgehead atoms. The van der Waals surface area contributed by atoms with Crippen LogP contribution in [0.3, 0.4) is 0 Å². The van der Waals surface area contributed by atoms with Gasteiger partial charge in [0, 0.05) is 18.7 Å². The van der Waals surface area contributed by atoms with Gasteiger partial charge in [-0.05, 0) is 25.3 Å². The molecule has 116 valence electrons. The van der Waals surface area contributed by atoms with Crippen molar-refractivity contribution in [3.05, 3.63) is 17.7 Å². The van der Waals surface area contributed by atoms with E-state index < -0.39 is 0 Å². The monoisotopic (exact) mass is 294 g/mol. The van der Waals surface area contributed by atoms with Crippen molar-refractivity contribution in [2.45, 2.75) is 25.3 Å². The third-order valence-corrected chi connectivity index (χ3v) is 3.92. The molecule has 0 aromatic heterocycles. The lowest BCUT2D eigenvalue weighted by molar-refractivity contribution is 0.0526. The number of aliphatic hydroxyl groups excluding tert-OH is 1. The minimum Gasteiger partial charge on any atom is -0.497 e. The maximum atomic E-state index is 12.7. The second kappa shape index (κ2) is 6.67. The Morgan fingerprint density at radius 3 is 2.57 bits per heavy atom. The van der Waals surface area contributed by atoms with Gasteiger partial charge in [0.15, 0.2) is 0 Å². The number of hydrogen-bond acceptors (Lipinski definition) is 5. The Morgan fingerprint density at radius 2 is 2.10 bits per heavy atom. The molecule has 1 aliphatic rings. The third-order valence-electron chi connectivity index (χ3n) is 3.92. The van der Waals surface area contributed by atoms with Crippen molar-refractivity contribution in [3.8, 4) is 11.5 Å². The van der Waals surface area contributed by atoms with Gasteiger partial charge in [-0.2, -0.15) is 0 Å². The number of anilines is 1. The first-order chi connectivity index (χ1) is 10.1. The molecule has 0 atom stereocenters. The number of rotatable bonds is 6. The second-order valence-electron chi connectivity index (χ2n) is 5.10. The second-order valence-corrected chi connectivity index (χ2v) is 5.10. The number of hydrogen-bond donors (Lipinski definition) is 2. The van der Waals surface area contributed by atoms with Crippen molar-refractivity contribution in [2.75, 3.05) is 33.1 Å². The van der Waals surface area contributed by atoms with Crippen molar-refractivity contribution < 1.29 is 19.4 Å². The summed E-state index contributed by atoms with van der Waals surface area (Å²) in [7, 11) is 3.02. The van der Waals surface area contributed by atoms with Crippen molar-refractivity contribution in [1.29, 1.82) is 0 Å². The van der Waals surface area contributed by atoms with Crippen LogP contribution in [0.15, 0.2) is 12.1 Å². The van der Waals surface area contributed by atoms with E-state index in [2.05, 4.69) is 0 Å². The van der Waals surface area contributed by atoms with Crippen LogP contribution < -0.4 is 15.2 Å². The molecule has 2 rings (SSSR count). The fourth-order valence-corrected chi connectivity index (χ4v) is 2.48. The Morgan fingerprint density at radius 1 is 1.38 bits per heavy atom. The van der Waals surface area contributed by atoms with Crippen LogP contribution in [0, 0.1) is 0 Å². The summed E-state index contributed by atoms with van der Waals surface area (Å²) in [6, 6.07) is 3.44. The molecule has 1 aliphatic carbocycles. The van der Waals surface area contributed by atoms with Gasteiger partial charge in [-0.15, -0.1) is 0 Å². The Balaban J connectivity index is 2.35. The standard InChI is InChI=1S/C15H22N2O4/c1-20-11-8-12(14(16)13(9-11)21-2)15(19)17(6-7-18)10-4-3-5-10/h8-10,18H,3-7,16H2,1-2H3. The van der Waals surface area contributed by atoms with Crippen molar-refractivity contribution >= 4 is 11.6 Å². The largest absolute Gasteiger partial charge is 0.497 e. The summed E-state index contributed by atoms with van der Waals surface area (Å²) >= 11 is 0. The number of methoxy groups -OCH3 is 2. The summed E-state index contributed by atoms with van der Waals surface area (Å²) in [5.41, 5.74) is 6.67. The molecule has 1 aromatic carbocycles. The molecule has 1 amide bonds. The first-order valence-corrected chi connectivity index (χ1v) is 7.05. The number of ether oxygens (including phenoxy) is 2. The van der Waals surface area contributed by atoms with E-state index in [0.29, 0.717) is 29.3 Å². The van der Waals surface area contributed by atoms with Gasteiger partial charge in [-0.25, -0.2) is 0 Å². The number of carbonyl (C=O) groups excluding carboxylic acids is 1. The Bertz CT molecular complexity index is 515. The predicted molar refractivity (Wildman–Crippen MR) is 79.7 cm³/mol. The minimum atomic E-state index is -0.191. The number of carbonyl (C=O) groups is 1. The number of amides is 1. The zero-order chi connectivity index (χ0) is 15.4. The van der Waals surface area contributed by atoms with Crippen LogP contribution in [0.5, 0.6) is 11.5 Å². The average molecular weight is 294 g/mol. The summed E-state index contributed by atoms with van der Waals surface area (Å²) in [6.45, 7) is 0.242. The molecule has 0 aliphatic heterocycles. The fraction of sp³-hybridized carbons (Fsp3) is 0.533. The van der Waals surface area contributed by atoms with Crippen molar-refractivity contribution in [2.24, 2.45) is 0 Å². The van der Waals surface area contributed by atoms with Crippen LogP contribution in [-0.4, -0.2) is 49.3 Å². The van der Waals surface area contributed by atoms with Crippen molar-refractivity contribution in [3.63, 3.8) is 0 Å². The summed E-state index contributed by atoms with van der Waals surface area (Å²) in [6.07, 6.45) is 3.04. The van der Waals surface area contributed by atoms with E-state index in [1.807, 2.05) is 0 Å². The van der Waals surface area contributed by atoms with Gasteiger partial charge >= 0.3 is 0 Å². The Labute approximate surface area is 124 Å². The van der Waals surface area contributed by atoms with E-state index in [4.69, 9.17) is 15.2 Å². The normalized spacial score (nSPS) is 14.4. The summed E-state index contributed by atoms with van der Waals surface area (Å²) in [4.78, 5) is 14.4. The minimum absolute atomic E-state index is 0.0662. The fourth-order valence-electron chi connectivity index (χ4n) is 2.48. The van der Waals surface area contributed by atoms with E-state index in [0.717, 1.165) is 19.3 Å². The molecule has 1 fully saturated rings. The Kier molecular flexibility index (Phi) is 4.90. The summed E-state index contributed by atoms with van der Waals surface area (Å²) in [5.74, 6) is 0.737. The zero-order valence-electron chi connectivity index (χ0n) is 12.5. The van der Waals surface area contributed by atoms with Gasteiger partial charge in [0.25, 0.3) is 5.91 Å². The molecule has 3 N–H and O–H groups in total. The molecule has 1 aromatic rings. The number of nitrogens with two attached hydrogens (primary N) is 1. The highest BCUT2D eigenvalue weighted by Crippen LogP contribution is 2.33. The predicted octanol–water partition coefficient (Wildman–Crippen LogP) is 1.27. The molecule has 0 unspecified atom stereocenters. The van der Waals surface area contributed by atoms with Gasteiger partial charge in [0.1, 0.15) is 11.5 Å². The van der Waals surface area contributed by atoms with Gasteiger partial charge in [-0.1, -0.05) is 0 Å². The number of nitrogens with zero attached hydrogens (tertiary/aromatic N) is 1. The lowest BCUT2D eigenvalue weighted by Crippen LogP contribution is -2.45. The molecule has 21 heavy (non-hydrogen) atoms. The number of benzene rings is 1. The van der Waals surface area contributed by atoms with E-state index in [1.165, 1.54) is 14.2 Å². The third kappa shape index (κ3) is 3.05. The quantitative estimate of drug-likeness (QED) is 0.772. The molecule has 0 saturated heterocycles. The molecule has 0 spiro atoms. The molecule has 1 saturated carbocycles. The van der Waals surface area contributed by atoms with Gasteiger partial charge in [-0.3, -0.25) is 4.79 Å².